The first-order chi connectivity index (χ1) is 19.4. The van der Waals surface area contributed by atoms with Crippen LogP contribution in [0.1, 0.15) is 21.5 Å². The van der Waals surface area contributed by atoms with Gasteiger partial charge in [0, 0.05) is 28.7 Å². The van der Waals surface area contributed by atoms with Gasteiger partial charge in [-0.15, -0.1) is 0 Å². The van der Waals surface area contributed by atoms with E-state index in [0.717, 1.165) is 21.4 Å². The lowest BCUT2D eigenvalue weighted by atomic mass is 9.76. The molecule has 0 radical (unpaired) electrons. The van der Waals surface area contributed by atoms with Crippen LogP contribution < -0.4 is 15.5 Å². The van der Waals surface area contributed by atoms with Crippen LogP contribution in [-0.2, 0) is 31.1 Å². The summed E-state index contributed by atoms with van der Waals surface area (Å²) in [5.74, 6) is -4.13. The molecular formula is C30H23ClN4O5. The second-order valence-corrected chi connectivity index (χ2v) is 10.7. The Bertz CT molecular complexity index is 1770. The number of fused-ring (bicyclic) bond motifs is 5. The summed E-state index contributed by atoms with van der Waals surface area (Å²) in [6.07, 6.45) is 2.26. The maximum Gasteiger partial charge on any atom is 0.339 e. The Morgan fingerprint density at radius 3 is 2.60 bits per heavy atom. The van der Waals surface area contributed by atoms with Crippen molar-refractivity contribution in [3.63, 3.8) is 0 Å². The number of halogens is 1. The molecule has 4 heterocycles. The number of carbonyl (C=O) groups excluding carboxylic acids is 4. The largest absolute Gasteiger partial charge is 0.465 e. The fraction of sp³-hybridized carbons (Fsp3) is 0.200. The predicted octanol–water partition coefficient (Wildman–Crippen LogP) is 3.78. The molecule has 2 fully saturated rings. The second kappa shape index (κ2) is 8.77. The van der Waals surface area contributed by atoms with Crippen molar-refractivity contribution in [1.29, 1.82) is 0 Å². The lowest BCUT2D eigenvalue weighted by Gasteiger charge is -2.30. The zero-order chi connectivity index (χ0) is 27.8. The van der Waals surface area contributed by atoms with Crippen LogP contribution in [0.25, 0.3) is 10.9 Å². The summed E-state index contributed by atoms with van der Waals surface area (Å²) in [6, 6.07) is 18.7. The molecule has 3 N–H and O–H groups in total. The minimum atomic E-state index is -1.52. The summed E-state index contributed by atoms with van der Waals surface area (Å²) in [5.41, 5.74) is 1.52. The van der Waals surface area contributed by atoms with E-state index in [0.29, 0.717) is 22.7 Å². The fourth-order valence-electron chi connectivity index (χ4n) is 6.69. The average Bonchev–Trinajstić information content (AvgIpc) is 3.68. The van der Waals surface area contributed by atoms with Gasteiger partial charge in [0.25, 0.3) is 0 Å². The third-order valence-electron chi connectivity index (χ3n) is 8.36. The van der Waals surface area contributed by atoms with Crippen LogP contribution in [0.3, 0.4) is 0 Å². The number of carbonyl (C=O) groups is 4. The van der Waals surface area contributed by atoms with Gasteiger partial charge in [-0.05, 0) is 36.2 Å². The summed E-state index contributed by atoms with van der Waals surface area (Å²) < 4.78 is 4.92. The van der Waals surface area contributed by atoms with Crippen LogP contribution in [0.2, 0.25) is 5.02 Å². The Balaban J connectivity index is 1.40. The number of rotatable bonds is 4. The summed E-state index contributed by atoms with van der Waals surface area (Å²) in [6.45, 7) is 0. The van der Waals surface area contributed by atoms with E-state index >= 15 is 0 Å². The number of aromatic amines is 1. The standard InChI is InChI=1S/C30H23ClN4O5/c1-40-28(38)17-8-3-5-12-22(17)35-26(36)23-21(13-15-14-32-20-11-4-2-7-16(15)20)34-30(24(23)27(35)37)18-9-6-10-19(31)25(18)33-29(30)39/h2-12,14,21,23-24,32,34H,13H2,1H3,(H,33,39)/t21?,23-,24+,30?/m1/s1. The quantitative estimate of drug-likeness (QED) is 0.261. The molecule has 3 aliphatic rings. The number of methoxy groups -OCH3 is 1. The van der Waals surface area contributed by atoms with Crippen molar-refractivity contribution in [3.05, 3.63) is 94.6 Å². The van der Waals surface area contributed by atoms with Crippen LogP contribution in [0.5, 0.6) is 0 Å². The van der Waals surface area contributed by atoms with Crippen molar-refractivity contribution >= 4 is 57.6 Å². The summed E-state index contributed by atoms with van der Waals surface area (Å²) >= 11 is 6.46. The number of benzene rings is 3. The highest BCUT2D eigenvalue weighted by Gasteiger charge is 2.71. The first-order valence-corrected chi connectivity index (χ1v) is 13.2. The van der Waals surface area contributed by atoms with Crippen LogP contribution in [0, 0.1) is 11.8 Å². The van der Waals surface area contributed by atoms with Crippen molar-refractivity contribution < 1.29 is 23.9 Å². The molecule has 4 aromatic rings. The maximum absolute atomic E-state index is 14.3. The van der Waals surface area contributed by atoms with Gasteiger partial charge < -0.3 is 15.0 Å². The SMILES string of the molecule is COC(=O)c1ccccc1N1C(=O)[C@@H]2C(Cc3c[nH]c4ccccc34)NC3(C(=O)Nc4c(Cl)cccc43)[C@@H]2C1=O. The minimum Gasteiger partial charge on any atom is -0.465 e. The maximum atomic E-state index is 14.3. The number of amides is 3. The zero-order valence-corrected chi connectivity index (χ0v) is 22.0. The molecule has 200 valence electrons. The number of esters is 1. The van der Waals surface area contributed by atoms with E-state index in [2.05, 4.69) is 15.6 Å². The number of nitrogens with one attached hydrogen (secondary N) is 3. The van der Waals surface area contributed by atoms with Gasteiger partial charge in [-0.2, -0.15) is 0 Å². The van der Waals surface area contributed by atoms with E-state index < -0.39 is 47.1 Å². The number of nitrogens with zero attached hydrogens (tertiary/aromatic N) is 1. The molecule has 1 spiro atoms. The highest BCUT2D eigenvalue weighted by molar-refractivity contribution is 6.35. The van der Waals surface area contributed by atoms with Gasteiger partial charge in [0.15, 0.2) is 0 Å². The number of hydrogen-bond acceptors (Lipinski definition) is 6. The van der Waals surface area contributed by atoms with Gasteiger partial charge in [-0.1, -0.05) is 54.1 Å². The highest BCUT2D eigenvalue weighted by atomic mass is 35.5. The van der Waals surface area contributed by atoms with Crippen molar-refractivity contribution in [2.45, 2.75) is 18.0 Å². The monoisotopic (exact) mass is 554 g/mol. The molecule has 9 nitrogen and oxygen atoms in total. The van der Waals surface area contributed by atoms with Crippen LogP contribution >= 0.6 is 11.6 Å². The third kappa shape index (κ3) is 3.19. The van der Waals surface area contributed by atoms with Crippen LogP contribution in [-0.4, -0.2) is 41.8 Å². The molecule has 40 heavy (non-hydrogen) atoms. The van der Waals surface area contributed by atoms with E-state index in [-0.39, 0.29) is 11.3 Å². The third-order valence-corrected chi connectivity index (χ3v) is 8.68. The number of para-hydroxylation sites is 3. The Kier molecular flexibility index (Phi) is 5.39. The number of anilines is 2. The van der Waals surface area contributed by atoms with Gasteiger partial charge in [-0.3, -0.25) is 19.7 Å². The van der Waals surface area contributed by atoms with Crippen molar-refractivity contribution in [3.8, 4) is 0 Å². The lowest BCUT2D eigenvalue weighted by molar-refractivity contribution is -0.130. The van der Waals surface area contributed by atoms with Crippen molar-refractivity contribution in [1.82, 2.24) is 10.3 Å². The lowest BCUT2D eigenvalue weighted by Crippen LogP contribution is -2.53. The van der Waals surface area contributed by atoms with Gasteiger partial charge in [0.2, 0.25) is 17.7 Å². The summed E-state index contributed by atoms with van der Waals surface area (Å²) in [7, 11) is 1.24. The number of ether oxygens (including phenoxy) is 1. The molecule has 2 unspecified atom stereocenters. The summed E-state index contributed by atoms with van der Waals surface area (Å²) in [5, 5.41) is 7.62. The molecular weight excluding hydrogens is 532 g/mol. The molecule has 3 aromatic carbocycles. The molecule has 0 saturated carbocycles. The van der Waals surface area contributed by atoms with Crippen molar-refractivity contribution in [2.24, 2.45) is 11.8 Å². The molecule has 1 aromatic heterocycles. The molecule has 0 aliphatic carbocycles. The summed E-state index contributed by atoms with van der Waals surface area (Å²) in [4.78, 5) is 59.3. The normalized spacial score (nSPS) is 25.0. The topological polar surface area (TPSA) is 121 Å². The van der Waals surface area contributed by atoms with Gasteiger partial charge in [-0.25, -0.2) is 9.69 Å². The predicted molar refractivity (Wildman–Crippen MR) is 148 cm³/mol. The molecule has 0 bridgehead atoms. The number of aromatic nitrogens is 1. The van der Waals surface area contributed by atoms with Crippen LogP contribution in [0.15, 0.2) is 72.9 Å². The van der Waals surface area contributed by atoms with E-state index in [1.807, 2.05) is 30.5 Å². The zero-order valence-electron chi connectivity index (χ0n) is 21.2. The Hall–Kier alpha value is -4.47. The molecule has 3 amide bonds. The van der Waals surface area contributed by atoms with Gasteiger partial charge in [0.05, 0.1) is 40.9 Å². The first kappa shape index (κ1) is 24.6. The highest BCUT2D eigenvalue weighted by Crippen LogP contribution is 2.55. The van der Waals surface area contributed by atoms with Gasteiger partial charge >= 0.3 is 5.97 Å². The molecule has 2 saturated heterocycles. The fourth-order valence-corrected chi connectivity index (χ4v) is 6.92. The van der Waals surface area contributed by atoms with E-state index in [4.69, 9.17) is 16.3 Å². The molecule has 4 atom stereocenters. The molecule has 10 heteroatoms. The van der Waals surface area contributed by atoms with Crippen molar-refractivity contribution in [2.75, 3.05) is 17.3 Å². The number of H-pyrrole nitrogens is 1. The Morgan fingerprint density at radius 1 is 1.00 bits per heavy atom. The average molecular weight is 555 g/mol. The smallest absolute Gasteiger partial charge is 0.339 e. The number of hydrogen-bond donors (Lipinski definition) is 3. The Labute approximate surface area is 233 Å². The van der Waals surface area contributed by atoms with E-state index in [9.17, 15) is 19.2 Å². The Morgan fingerprint density at radius 2 is 1.77 bits per heavy atom. The van der Waals surface area contributed by atoms with E-state index in [1.165, 1.54) is 19.2 Å². The van der Waals surface area contributed by atoms with Crippen LogP contribution in [0.4, 0.5) is 11.4 Å². The first-order valence-electron chi connectivity index (χ1n) is 12.8. The van der Waals surface area contributed by atoms with E-state index in [1.54, 1.807) is 30.3 Å². The minimum absolute atomic E-state index is 0.0844. The molecule has 7 rings (SSSR count). The van der Waals surface area contributed by atoms with Gasteiger partial charge in [0.1, 0.15) is 5.54 Å². The number of imide groups is 1. The molecule has 3 aliphatic heterocycles. The second-order valence-electron chi connectivity index (χ2n) is 10.3.